The number of furan rings is 1. The molecule has 138 valence electrons. The Balaban J connectivity index is 1.37. The molecule has 0 aromatic carbocycles. The zero-order valence-corrected chi connectivity index (χ0v) is 15.1. The Morgan fingerprint density at radius 3 is 2.69 bits per heavy atom. The van der Waals surface area contributed by atoms with Crippen molar-refractivity contribution >= 4 is 22.6 Å². The number of piperidine rings is 4. The first-order valence-corrected chi connectivity index (χ1v) is 9.93. The third-order valence-corrected chi connectivity index (χ3v) is 6.34. The fraction of sp³-hybridized carbons (Fsp3) is 0.600. The largest absolute Gasteiger partial charge is 0.460 e. The number of hydrogen-bond donors (Lipinski definition) is 1. The number of fused-ring (bicyclic) bond motifs is 4. The number of pyridine rings is 1. The summed E-state index contributed by atoms with van der Waals surface area (Å²) in [5.41, 5.74) is 2.34. The lowest BCUT2D eigenvalue weighted by molar-refractivity contribution is 0.0618. The van der Waals surface area contributed by atoms with Crippen molar-refractivity contribution in [2.24, 2.45) is 5.92 Å². The Morgan fingerprint density at radius 2 is 1.96 bits per heavy atom. The lowest BCUT2D eigenvalue weighted by Crippen LogP contribution is -2.57. The van der Waals surface area contributed by atoms with Crippen LogP contribution in [0.5, 0.6) is 0 Å². The van der Waals surface area contributed by atoms with Gasteiger partial charge in [-0.05, 0) is 57.2 Å². The second-order valence-electron chi connectivity index (χ2n) is 7.95. The van der Waals surface area contributed by atoms with Crippen LogP contribution < -0.4 is 10.2 Å². The second-order valence-corrected chi connectivity index (χ2v) is 7.95. The number of carbonyl (C=O) groups is 1. The van der Waals surface area contributed by atoms with E-state index >= 15 is 0 Å². The van der Waals surface area contributed by atoms with E-state index in [2.05, 4.69) is 20.1 Å². The molecule has 4 aliphatic rings. The quantitative estimate of drug-likeness (QED) is 0.918. The molecule has 1 atom stereocenters. The van der Waals surface area contributed by atoms with Crippen LogP contribution >= 0.6 is 0 Å². The van der Waals surface area contributed by atoms with E-state index in [1.165, 1.54) is 45.2 Å². The molecule has 26 heavy (non-hydrogen) atoms. The highest BCUT2D eigenvalue weighted by atomic mass is 16.3. The van der Waals surface area contributed by atoms with Crippen LogP contribution in [0.3, 0.4) is 0 Å². The fourth-order valence-corrected chi connectivity index (χ4v) is 4.79. The topological polar surface area (TPSA) is 61.6 Å². The van der Waals surface area contributed by atoms with Crippen LogP contribution in [-0.2, 0) is 0 Å². The van der Waals surface area contributed by atoms with Crippen molar-refractivity contribution in [2.75, 3.05) is 37.6 Å². The molecule has 6 nitrogen and oxygen atoms in total. The molecule has 1 N–H and O–H groups in total. The van der Waals surface area contributed by atoms with Gasteiger partial charge in [0.05, 0.1) is 11.9 Å². The summed E-state index contributed by atoms with van der Waals surface area (Å²) in [6, 6.07) is 2.16. The van der Waals surface area contributed by atoms with Gasteiger partial charge in [-0.1, -0.05) is 0 Å². The molecule has 0 unspecified atom stereocenters. The number of aromatic nitrogens is 1. The van der Waals surface area contributed by atoms with Crippen LogP contribution in [0, 0.1) is 5.92 Å². The van der Waals surface area contributed by atoms with Crippen LogP contribution in [0.1, 0.15) is 42.6 Å². The third kappa shape index (κ3) is 2.86. The van der Waals surface area contributed by atoms with E-state index in [0.29, 0.717) is 11.6 Å². The number of anilines is 1. The van der Waals surface area contributed by atoms with Crippen LogP contribution in [0.2, 0.25) is 0 Å². The lowest BCUT2D eigenvalue weighted by atomic mass is 9.84. The summed E-state index contributed by atoms with van der Waals surface area (Å²) in [7, 11) is 0. The Hall–Kier alpha value is -2.08. The summed E-state index contributed by atoms with van der Waals surface area (Å²) in [6.07, 6.45) is 9.61. The Kier molecular flexibility index (Phi) is 4.08. The summed E-state index contributed by atoms with van der Waals surface area (Å²) in [6.45, 7) is 5.43. The smallest absolute Gasteiger partial charge is 0.270 e. The van der Waals surface area contributed by atoms with Gasteiger partial charge in [0.2, 0.25) is 0 Å². The molecule has 4 saturated heterocycles. The molecule has 2 aromatic rings. The zero-order valence-electron chi connectivity index (χ0n) is 15.1. The molecule has 6 rings (SSSR count). The second kappa shape index (κ2) is 6.58. The molecule has 4 fully saturated rings. The van der Waals surface area contributed by atoms with Crippen molar-refractivity contribution in [1.29, 1.82) is 0 Å². The van der Waals surface area contributed by atoms with Gasteiger partial charge in [-0.2, -0.15) is 0 Å². The summed E-state index contributed by atoms with van der Waals surface area (Å²) in [5, 5.41) is 4.24. The third-order valence-electron chi connectivity index (χ3n) is 6.34. The Labute approximate surface area is 153 Å². The molecule has 2 aromatic heterocycles. The number of carbonyl (C=O) groups excluding carboxylic acids is 1. The van der Waals surface area contributed by atoms with Gasteiger partial charge in [0.15, 0.2) is 5.58 Å². The van der Waals surface area contributed by atoms with Crippen molar-refractivity contribution in [3.05, 3.63) is 24.2 Å². The highest BCUT2D eigenvalue weighted by Crippen LogP contribution is 2.31. The summed E-state index contributed by atoms with van der Waals surface area (Å²) >= 11 is 0. The van der Waals surface area contributed by atoms with Gasteiger partial charge in [-0.15, -0.1) is 0 Å². The van der Waals surface area contributed by atoms with E-state index in [9.17, 15) is 4.79 Å². The van der Waals surface area contributed by atoms with E-state index in [-0.39, 0.29) is 11.9 Å². The minimum atomic E-state index is -0.0588. The van der Waals surface area contributed by atoms with Crippen molar-refractivity contribution in [2.45, 2.75) is 38.1 Å². The number of amides is 1. The Morgan fingerprint density at radius 1 is 1.15 bits per heavy atom. The maximum absolute atomic E-state index is 12.8. The standard InChI is InChI=1S/C20H26N4O2/c25-20(22-17-12-23-8-4-14(17)5-9-23)16-10-15-18(13-26-19(15)11-21-16)24-6-2-1-3-7-24/h10-11,13-14,17H,1-9,12H2,(H,22,25)/t17-/m0/s1. The van der Waals surface area contributed by atoms with Gasteiger partial charge in [0.1, 0.15) is 12.0 Å². The Bertz CT molecular complexity index is 803. The van der Waals surface area contributed by atoms with Crippen LogP contribution in [0.4, 0.5) is 5.69 Å². The average Bonchev–Trinajstić information content (AvgIpc) is 3.13. The number of nitrogens with one attached hydrogen (secondary N) is 1. The molecule has 6 heterocycles. The molecular weight excluding hydrogens is 328 g/mol. The van der Waals surface area contributed by atoms with Crippen LogP contribution in [-0.4, -0.2) is 54.6 Å². The average molecular weight is 354 g/mol. The first-order chi connectivity index (χ1) is 12.8. The number of rotatable bonds is 3. The first-order valence-electron chi connectivity index (χ1n) is 9.93. The van der Waals surface area contributed by atoms with E-state index in [1.54, 1.807) is 6.20 Å². The van der Waals surface area contributed by atoms with Crippen molar-refractivity contribution < 1.29 is 9.21 Å². The van der Waals surface area contributed by atoms with Crippen molar-refractivity contribution in [3.63, 3.8) is 0 Å². The SMILES string of the molecule is O=C(N[C@H]1CN2CCC1CC2)c1cc2c(N3CCCCC3)coc2cn1. The summed E-state index contributed by atoms with van der Waals surface area (Å²) in [5.74, 6) is 0.557. The molecule has 0 radical (unpaired) electrons. The molecule has 0 aliphatic carbocycles. The summed E-state index contributed by atoms with van der Waals surface area (Å²) < 4.78 is 5.68. The molecule has 0 spiro atoms. The normalized spacial score (nSPS) is 28.5. The van der Waals surface area contributed by atoms with E-state index < -0.39 is 0 Å². The minimum absolute atomic E-state index is 0.0588. The number of hydrogen-bond acceptors (Lipinski definition) is 5. The van der Waals surface area contributed by atoms with Crippen LogP contribution in [0.25, 0.3) is 11.0 Å². The number of nitrogens with zero attached hydrogens (tertiary/aromatic N) is 3. The monoisotopic (exact) mass is 354 g/mol. The minimum Gasteiger partial charge on any atom is -0.460 e. The molecule has 6 heteroatoms. The van der Waals surface area contributed by atoms with E-state index in [0.717, 1.165) is 36.3 Å². The van der Waals surface area contributed by atoms with Crippen molar-refractivity contribution in [1.82, 2.24) is 15.2 Å². The zero-order chi connectivity index (χ0) is 17.5. The van der Waals surface area contributed by atoms with Gasteiger partial charge in [-0.3, -0.25) is 4.79 Å². The van der Waals surface area contributed by atoms with Gasteiger partial charge in [-0.25, -0.2) is 4.98 Å². The predicted molar refractivity (Wildman–Crippen MR) is 100 cm³/mol. The van der Waals surface area contributed by atoms with Gasteiger partial charge >= 0.3 is 0 Å². The maximum atomic E-state index is 12.8. The molecule has 0 saturated carbocycles. The highest BCUT2D eigenvalue weighted by Gasteiger charge is 2.35. The molecule has 4 aliphatic heterocycles. The first kappa shape index (κ1) is 16.1. The fourth-order valence-electron chi connectivity index (χ4n) is 4.79. The molecule has 1 amide bonds. The lowest BCUT2D eigenvalue weighted by Gasteiger charge is -2.44. The maximum Gasteiger partial charge on any atom is 0.270 e. The van der Waals surface area contributed by atoms with E-state index in [1.807, 2.05) is 12.3 Å². The predicted octanol–water partition coefficient (Wildman–Crippen LogP) is 2.64. The van der Waals surface area contributed by atoms with Crippen molar-refractivity contribution in [3.8, 4) is 0 Å². The molecular formula is C20H26N4O2. The van der Waals surface area contributed by atoms with Gasteiger partial charge in [0, 0.05) is 31.1 Å². The van der Waals surface area contributed by atoms with Gasteiger partial charge < -0.3 is 19.5 Å². The van der Waals surface area contributed by atoms with E-state index in [4.69, 9.17) is 4.42 Å². The van der Waals surface area contributed by atoms with Crippen LogP contribution in [0.15, 0.2) is 22.9 Å². The molecule has 2 bridgehead atoms. The van der Waals surface area contributed by atoms with Gasteiger partial charge in [0.25, 0.3) is 5.91 Å². The highest BCUT2D eigenvalue weighted by molar-refractivity contribution is 5.99. The summed E-state index contributed by atoms with van der Waals surface area (Å²) in [4.78, 5) is 22.0.